The molecule has 1 heterocycles. The number of hydrogen-bond donors (Lipinski definition) is 2. The molecule has 4 rings (SSSR count). The number of pyridine rings is 1. The Hall–Kier alpha value is -3.48. The second-order valence-corrected chi connectivity index (χ2v) is 10.2. The number of fused-ring (bicyclic) bond motifs is 1. The fourth-order valence-electron chi connectivity index (χ4n) is 4.52. The number of methoxy groups -OCH3 is 1. The molecule has 2 N–H and O–H groups in total. The molecule has 0 radical (unpaired) electrons. The summed E-state index contributed by atoms with van der Waals surface area (Å²) in [6, 6.07) is 16.1. The van der Waals surface area contributed by atoms with Crippen LogP contribution in [0.25, 0.3) is 10.8 Å². The van der Waals surface area contributed by atoms with Gasteiger partial charge in [0.25, 0.3) is 5.56 Å². The number of anilines is 1. The Morgan fingerprint density at radius 2 is 1.69 bits per heavy atom. The monoisotopic (exact) mass is 477 g/mol. The van der Waals surface area contributed by atoms with E-state index in [0.717, 1.165) is 48.1 Å². The van der Waals surface area contributed by atoms with E-state index in [0.29, 0.717) is 18.0 Å². The lowest BCUT2D eigenvalue weighted by Crippen LogP contribution is -2.42. The van der Waals surface area contributed by atoms with Crippen LogP contribution in [0.4, 0.5) is 10.5 Å². The number of alkyl carbamates (subject to hydrolysis) is 1. The van der Waals surface area contributed by atoms with Crippen LogP contribution < -0.4 is 20.9 Å². The molecule has 1 aromatic heterocycles. The number of nitrogens with one attached hydrogen (secondary N) is 2. The summed E-state index contributed by atoms with van der Waals surface area (Å²) in [5.74, 6) is 0.799. The standard InChI is InChI=1S/C28H35N3O4/c1-28(2,3)35-27(33)30-22-9-7-21(8-10-22)29-23-11-14-25-20(17-23)15-16-31(26(25)32)18-19-5-12-24(34-4)13-6-19/h5-6,11-17,21-22,29H,7-10,18H2,1-4H3,(H,30,33). The lowest BCUT2D eigenvalue weighted by Gasteiger charge is -2.31. The average molecular weight is 478 g/mol. The molecule has 1 aliphatic rings. The molecule has 1 fully saturated rings. The minimum absolute atomic E-state index is 0.00130. The first kappa shape index (κ1) is 24.6. The van der Waals surface area contributed by atoms with Crippen LogP contribution in [0.1, 0.15) is 52.0 Å². The van der Waals surface area contributed by atoms with E-state index >= 15 is 0 Å². The van der Waals surface area contributed by atoms with Gasteiger partial charge in [0.2, 0.25) is 0 Å². The number of hydrogen-bond acceptors (Lipinski definition) is 5. The molecule has 1 amide bonds. The van der Waals surface area contributed by atoms with Gasteiger partial charge in [-0.2, -0.15) is 0 Å². The van der Waals surface area contributed by atoms with Crippen LogP contribution in [-0.2, 0) is 11.3 Å². The molecule has 7 nitrogen and oxygen atoms in total. The van der Waals surface area contributed by atoms with Crippen molar-refractivity contribution in [3.05, 3.63) is 70.6 Å². The molecule has 0 saturated heterocycles. The Morgan fingerprint density at radius 3 is 2.34 bits per heavy atom. The van der Waals surface area contributed by atoms with Crippen molar-refractivity contribution < 1.29 is 14.3 Å². The van der Waals surface area contributed by atoms with E-state index in [9.17, 15) is 9.59 Å². The highest BCUT2D eigenvalue weighted by Crippen LogP contribution is 2.24. The van der Waals surface area contributed by atoms with E-state index in [4.69, 9.17) is 9.47 Å². The molecule has 7 heteroatoms. The van der Waals surface area contributed by atoms with Gasteiger partial charge in [-0.3, -0.25) is 4.79 Å². The minimum atomic E-state index is -0.488. The second-order valence-electron chi connectivity index (χ2n) is 10.2. The summed E-state index contributed by atoms with van der Waals surface area (Å²) in [4.78, 5) is 25.1. The molecular weight excluding hydrogens is 442 g/mol. The van der Waals surface area contributed by atoms with E-state index in [1.165, 1.54) is 0 Å². The van der Waals surface area contributed by atoms with E-state index in [1.54, 1.807) is 11.7 Å². The lowest BCUT2D eigenvalue weighted by atomic mass is 9.91. The van der Waals surface area contributed by atoms with Gasteiger partial charge in [-0.25, -0.2) is 4.79 Å². The third kappa shape index (κ3) is 6.56. The highest BCUT2D eigenvalue weighted by atomic mass is 16.6. The first-order valence-electron chi connectivity index (χ1n) is 12.2. The molecule has 186 valence electrons. The van der Waals surface area contributed by atoms with E-state index in [1.807, 2.05) is 75.5 Å². The summed E-state index contributed by atoms with van der Waals surface area (Å²) >= 11 is 0. The number of ether oxygens (including phenoxy) is 2. The van der Waals surface area contributed by atoms with E-state index < -0.39 is 5.60 Å². The van der Waals surface area contributed by atoms with Crippen LogP contribution in [0.2, 0.25) is 0 Å². The van der Waals surface area contributed by atoms with E-state index in [-0.39, 0.29) is 17.7 Å². The first-order chi connectivity index (χ1) is 16.7. The normalized spacial score (nSPS) is 18.2. The molecule has 0 aliphatic heterocycles. The molecule has 1 saturated carbocycles. The van der Waals surface area contributed by atoms with Gasteiger partial charge in [-0.15, -0.1) is 0 Å². The fourth-order valence-corrected chi connectivity index (χ4v) is 4.52. The lowest BCUT2D eigenvalue weighted by molar-refractivity contribution is 0.0492. The summed E-state index contributed by atoms with van der Waals surface area (Å²) in [5.41, 5.74) is 1.56. The van der Waals surface area contributed by atoms with Gasteiger partial charge in [0.15, 0.2) is 0 Å². The largest absolute Gasteiger partial charge is 0.497 e. The average Bonchev–Trinajstić information content (AvgIpc) is 2.81. The topological polar surface area (TPSA) is 81.6 Å². The van der Waals surface area contributed by atoms with Crippen molar-refractivity contribution in [2.24, 2.45) is 0 Å². The maximum absolute atomic E-state index is 13.0. The molecule has 0 bridgehead atoms. The van der Waals surface area contributed by atoms with Crippen LogP contribution in [0, 0.1) is 0 Å². The minimum Gasteiger partial charge on any atom is -0.497 e. The molecule has 1 aliphatic carbocycles. The van der Waals surface area contributed by atoms with Gasteiger partial charge in [-0.05, 0) is 93.8 Å². The smallest absolute Gasteiger partial charge is 0.407 e. The molecule has 0 atom stereocenters. The number of amides is 1. The predicted octanol–water partition coefficient (Wildman–Crippen LogP) is 5.31. The number of nitrogens with zero attached hydrogens (tertiary/aromatic N) is 1. The number of benzene rings is 2. The molecule has 3 aromatic rings. The van der Waals surface area contributed by atoms with Crippen LogP contribution in [-0.4, -0.2) is 35.5 Å². The van der Waals surface area contributed by atoms with Crippen LogP contribution >= 0.6 is 0 Å². The Labute approximate surface area is 206 Å². The summed E-state index contributed by atoms with van der Waals surface area (Å²) in [6.07, 6.45) is 5.23. The Balaban J connectivity index is 1.36. The molecular formula is C28H35N3O4. The van der Waals surface area contributed by atoms with Gasteiger partial charge in [-0.1, -0.05) is 12.1 Å². The van der Waals surface area contributed by atoms with Gasteiger partial charge < -0.3 is 24.7 Å². The maximum Gasteiger partial charge on any atom is 0.407 e. The third-order valence-corrected chi connectivity index (χ3v) is 6.31. The summed E-state index contributed by atoms with van der Waals surface area (Å²) in [7, 11) is 1.64. The van der Waals surface area contributed by atoms with Crippen molar-refractivity contribution in [1.29, 1.82) is 0 Å². The molecule has 2 aromatic carbocycles. The van der Waals surface area contributed by atoms with Crippen molar-refractivity contribution in [2.75, 3.05) is 12.4 Å². The fraction of sp³-hybridized carbons (Fsp3) is 0.429. The molecule has 0 spiro atoms. The van der Waals surface area contributed by atoms with Crippen molar-refractivity contribution in [3.63, 3.8) is 0 Å². The Bertz CT molecular complexity index is 1220. The van der Waals surface area contributed by atoms with Crippen LogP contribution in [0.3, 0.4) is 0 Å². The number of rotatable bonds is 6. The van der Waals surface area contributed by atoms with Crippen LogP contribution in [0.5, 0.6) is 5.75 Å². The van der Waals surface area contributed by atoms with E-state index in [2.05, 4.69) is 10.6 Å². The molecule has 35 heavy (non-hydrogen) atoms. The zero-order chi connectivity index (χ0) is 25.0. The molecule has 0 unspecified atom stereocenters. The van der Waals surface area contributed by atoms with Gasteiger partial charge in [0, 0.05) is 29.4 Å². The Kier molecular flexibility index (Phi) is 7.34. The van der Waals surface area contributed by atoms with Gasteiger partial charge in [0.1, 0.15) is 11.4 Å². The van der Waals surface area contributed by atoms with Crippen molar-refractivity contribution in [1.82, 2.24) is 9.88 Å². The van der Waals surface area contributed by atoms with Crippen molar-refractivity contribution in [3.8, 4) is 5.75 Å². The maximum atomic E-state index is 13.0. The first-order valence-corrected chi connectivity index (χ1v) is 12.2. The Morgan fingerprint density at radius 1 is 1.00 bits per heavy atom. The van der Waals surface area contributed by atoms with Crippen molar-refractivity contribution >= 4 is 22.6 Å². The third-order valence-electron chi connectivity index (χ3n) is 6.31. The number of carbonyl (C=O) groups is 1. The highest BCUT2D eigenvalue weighted by molar-refractivity contribution is 5.84. The number of aromatic nitrogens is 1. The zero-order valence-electron chi connectivity index (χ0n) is 21.0. The second kappa shape index (κ2) is 10.4. The SMILES string of the molecule is COc1ccc(Cn2ccc3cc(NC4CCC(NC(=O)OC(C)(C)C)CC4)ccc3c2=O)cc1. The summed E-state index contributed by atoms with van der Waals surface area (Å²) in [6.45, 7) is 6.12. The van der Waals surface area contributed by atoms with Gasteiger partial charge >= 0.3 is 6.09 Å². The highest BCUT2D eigenvalue weighted by Gasteiger charge is 2.24. The zero-order valence-corrected chi connectivity index (χ0v) is 21.0. The quantitative estimate of drug-likeness (QED) is 0.503. The number of carbonyl (C=O) groups excluding carboxylic acids is 1. The summed E-state index contributed by atoms with van der Waals surface area (Å²) < 4.78 is 12.3. The van der Waals surface area contributed by atoms with Crippen LogP contribution in [0.15, 0.2) is 59.5 Å². The predicted molar refractivity (Wildman–Crippen MR) is 139 cm³/mol. The summed E-state index contributed by atoms with van der Waals surface area (Å²) in [5, 5.41) is 8.22. The van der Waals surface area contributed by atoms with Gasteiger partial charge in [0.05, 0.1) is 13.7 Å². The van der Waals surface area contributed by atoms with Crippen molar-refractivity contribution in [2.45, 2.75) is 70.7 Å².